The van der Waals surface area contributed by atoms with Gasteiger partial charge in [0, 0.05) is 36.0 Å². The Morgan fingerprint density at radius 2 is 2.23 bits per heavy atom. The Morgan fingerprint density at radius 1 is 1.38 bits per heavy atom. The lowest BCUT2D eigenvalue weighted by molar-refractivity contribution is 0.411. The van der Waals surface area contributed by atoms with Crippen LogP contribution in [-0.4, -0.2) is 16.8 Å². The number of hydrogen-bond donors (Lipinski definition) is 0. The number of fused-ring (bicyclic) bond motifs is 1. The molecule has 0 atom stereocenters. The summed E-state index contributed by atoms with van der Waals surface area (Å²) in [5.74, 6) is 0.973. The molecule has 0 N–H and O–H groups in total. The smallest absolute Gasteiger partial charge is 0.119 e. The van der Waals surface area contributed by atoms with Crippen LogP contribution in [0.5, 0.6) is 5.75 Å². The molecule has 2 rings (SSSR count). The monoisotopic (exact) mass is 289 g/mol. The maximum absolute atomic E-state index is 5.19. The molecular weight excluding hydrogens is 277 g/mol. The Hall–Kier alpha value is -0.290. The summed E-state index contributed by atoms with van der Waals surface area (Å²) >= 11 is 2.37. The van der Waals surface area contributed by atoms with Crippen molar-refractivity contribution in [2.75, 3.05) is 13.7 Å². The number of benzene rings is 1. The third-order valence-corrected chi connectivity index (χ3v) is 3.20. The molecule has 1 aromatic carbocycles. The van der Waals surface area contributed by atoms with Crippen molar-refractivity contribution in [2.24, 2.45) is 0 Å². The Morgan fingerprint density at radius 3 is 3.00 bits per heavy atom. The second-order valence-electron chi connectivity index (χ2n) is 3.23. The van der Waals surface area contributed by atoms with E-state index in [2.05, 4.69) is 38.1 Å². The summed E-state index contributed by atoms with van der Waals surface area (Å²) in [7, 11) is 1.72. The van der Waals surface area contributed by atoms with Crippen molar-refractivity contribution in [1.82, 2.24) is 3.11 Å². The van der Waals surface area contributed by atoms with Crippen LogP contribution in [0.2, 0.25) is 0 Å². The fraction of sp³-hybridized carbons (Fsp3) is 0.400. The van der Waals surface area contributed by atoms with Crippen molar-refractivity contribution < 1.29 is 4.74 Å². The van der Waals surface area contributed by atoms with Crippen molar-refractivity contribution in [3.8, 4) is 5.75 Å². The first-order chi connectivity index (χ1) is 6.29. The molecule has 1 aromatic rings. The SMILES string of the molecule is COc1ccc2c(c1)CCN(I)C2. The molecule has 1 aliphatic rings. The molecule has 0 saturated carbocycles. The van der Waals surface area contributed by atoms with E-state index in [0.717, 1.165) is 25.3 Å². The summed E-state index contributed by atoms with van der Waals surface area (Å²) in [6, 6.07) is 6.35. The minimum Gasteiger partial charge on any atom is -0.497 e. The molecule has 70 valence electrons. The van der Waals surface area contributed by atoms with Crippen LogP contribution in [-0.2, 0) is 13.0 Å². The van der Waals surface area contributed by atoms with Crippen LogP contribution < -0.4 is 4.74 Å². The standard InChI is InChI=1S/C10H12INO/c1-13-10-3-2-9-7-12(11)5-4-8(9)6-10/h2-3,6H,4-5,7H2,1H3. The third-order valence-electron chi connectivity index (χ3n) is 2.38. The van der Waals surface area contributed by atoms with Gasteiger partial charge in [-0.3, -0.25) is 0 Å². The Bertz CT molecular complexity index is 314. The summed E-state index contributed by atoms with van der Waals surface area (Å²) < 4.78 is 7.50. The molecule has 0 fully saturated rings. The van der Waals surface area contributed by atoms with Crippen molar-refractivity contribution in [2.45, 2.75) is 13.0 Å². The van der Waals surface area contributed by atoms with Gasteiger partial charge in [0.1, 0.15) is 5.75 Å². The predicted octanol–water partition coefficient (Wildman–Crippen LogP) is 2.40. The van der Waals surface area contributed by atoms with E-state index < -0.39 is 0 Å². The van der Waals surface area contributed by atoms with E-state index in [4.69, 9.17) is 4.74 Å². The molecule has 13 heavy (non-hydrogen) atoms. The molecule has 0 aromatic heterocycles. The maximum Gasteiger partial charge on any atom is 0.119 e. The van der Waals surface area contributed by atoms with Gasteiger partial charge in [0.15, 0.2) is 0 Å². The zero-order valence-electron chi connectivity index (χ0n) is 7.59. The second-order valence-corrected chi connectivity index (χ2v) is 4.59. The molecule has 0 amide bonds. The molecule has 0 radical (unpaired) electrons. The van der Waals surface area contributed by atoms with Crippen LogP contribution in [0, 0.1) is 0 Å². The van der Waals surface area contributed by atoms with Crippen molar-refractivity contribution in [3.63, 3.8) is 0 Å². The summed E-state index contributed by atoms with van der Waals surface area (Å²) in [5, 5.41) is 0. The van der Waals surface area contributed by atoms with Crippen LogP contribution in [0.4, 0.5) is 0 Å². The highest BCUT2D eigenvalue weighted by Gasteiger charge is 2.13. The van der Waals surface area contributed by atoms with Gasteiger partial charge in [0.05, 0.1) is 7.11 Å². The van der Waals surface area contributed by atoms with Crippen LogP contribution in [0.15, 0.2) is 18.2 Å². The highest BCUT2D eigenvalue weighted by atomic mass is 127. The Kier molecular flexibility index (Phi) is 2.74. The third kappa shape index (κ3) is 1.96. The molecule has 0 spiro atoms. The molecular formula is C10H12INO. The number of ether oxygens (including phenoxy) is 1. The average molecular weight is 289 g/mol. The molecule has 0 unspecified atom stereocenters. The van der Waals surface area contributed by atoms with Crippen LogP contribution in [0.3, 0.4) is 0 Å². The van der Waals surface area contributed by atoms with Gasteiger partial charge >= 0.3 is 0 Å². The van der Waals surface area contributed by atoms with Crippen LogP contribution >= 0.6 is 22.9 Å². The Balaban J connectivity index is 2.31. The molecule has 0 saturated heterocycles. The van der Waals surface area contributed by atoms with E-state index in [0.29, 0.717) is 0 Å². The Labute approximate surface area is 92.4 Å². The van der Waals surface area contributed by atoms with Crippen LogP contribution in [0.25, 0.3) is 0 Å². The van der Waals surface area contributed by atoms with Gasteiger partial charge in [-0.25, -0.2) is 3.11 Å². The summed E-state index contributed by atoms with van der Waals surface area (Å²) in [6.45, 7) is 2.20. The molecule has 3 heteroatoms. The van der Waals surface area contributed by atoms with Gasteiger partial charge in [-0.15, -0.1) is 0 Å². The van der Waals surface area contributed by atoms with Gasteiger partial charge in [-0.1, -0.05) is 6.07 Å². The number of hydrogen-bond acceptors (Lipinski definition) is 2. The lowest BCUT2D eigenvalue weighted by Gasteiger charge is -2.23. The summed E-state index contributed by atoms with van der Waals surface area (Å²) in [5.41, 5.74) is 2.87. The molecule has 1 aliphatic heterocycles. The van der Waals surface area contributed by atoms with Crippen LogP contribution in [0.1, 0.15) is 11.1 Å². The molecule has 1 heterocycles. The topological polar surface area (TPSA) is 12.5 Å². The van der Waals surface area contributed by atoms with E-state index >= 15 is 0 Å². The van der Waals surface area contributed by atoms with E-state index in [1.165, 1.54) is 11.1 Å². The van der Waals surface area contributed by atoms with Gasteiger partial charge in [-0.2, -0.15) is 0 Å². The molecule has 0 bridgehead atoms. The van der Waals surface area contributed by atoms with Gasteiger partial charge in [0.25, 0.3) is 0 Å². The van der Waals surface area contributed by atoms with Gasteiger partial charge in [0.2, 0.25) is 0 Å². The quantitative estimate of drug-likeness (QED) is 0.581. The second kappa shape index (κ2) is 3.84. The lowest BCUT2D eigenvalue weighted by Crippen LogP contribution is -2.21. The number of halogens is 1. The number of rotatable bonds is 1. The first-order valence-corrected chi connectivity index (χ1v) is 5.32. The van der Waals surface area contributed by atoms with E-state index in [-0.39, 0.29) is 0 Å². The minimum atomic E-state index is 0.973. The highest BCUT2D eigenvalue weighted by Crippen LogP contribution is 2.24. The summed E-state index contributed by atoms with van der Waals surface area (Å²) in [4.78, 5) is 0. The fourth-order valence-corrected chi connectivity index (χ4v) is 2.23. The van der Waals surface area contributed by atoms with Crippen molar-refractivity contribution in [3.05, 3.63) is 29.3 Å². The normalized spacial score (nSPS) is 16.8. The lowest BCUT2D eigenvalue weighted by atomic mass is 10.0. The summed E-state index contributed by atoms with van der Waals surface area (Å²) in [6.07, 6.45) is 1.13. The zero-order chi connectivity index (χ0) is 9.26. The number of nitrogens with zero attached hydrogens (tertiary/aromatic N) is 1. The molecule has 2 nitrogen and oxygen atoms in total. The largest absolute Gasteiger partial charge is 0.497 e. The van der Waals surface area contributed by atoms with Crippen molar-refractivity contribution in [1.29, 1.82) is 0 Å². The highest BCUT2D eigenvalue weighted by molar-refractivity contribution is 14.1. The van der Waals surface area contributed by atoms with E-state index in [1.54, 1.807) is 7.11 Å². The van der Waals surface area contributed by atoms with Gasteiger partial charge in [-0.05, 0) is 29.7 Å². The first kappa shape index (κ1) is 9.27. The fourth-order valence-electron chi connectivity index (χ4n) is 1.62. The van der Waals surface area contributed by atoms with Gasteiger partial charge < -0.3 is 4.74 Å². The average Bonchev–Trinajstić information content (AvgIpc) is 2.17. The minimum absolute atomic E-state index is 0.973. The van der Waals surface area contributed by atoms with E-state index in [9.17, 15) is 0 Å². The predicted molar refractivity (Wildman–Crippen MR) is 61.1 cm³/mol. The van der Waals surface area contributed by atoms with E-state index in [1.807, 2.05) is 6.07 Å². The first-order valence-electron chi connectivity index (χ1n) is 4.36. The van der Waals surface area contributed by atoms with Crippen molar-refractivity contribution >= 4 is 22.9 Å². The maximum atomic E-state index is 5.19. The molecule has 0 aliphatic carbocycles. The number of methoxy groups -OCH3 is 1. The zero-order valence-corrected chi connectivity index (χ0v) is 9.74.